The molecule has 0 N–H and O–H groups in total. The third-order valence-electron chi connectivity index (χ3n) is 5.30. The van der Waals surface area contributed by atoms with Gasteiger partial charge in [0.05, 0.1) is 23.2 Å². The molecule has 26 heavy (non-hydrogen) atoms. The van der Waals surface area contributed by atoms with Gasteiger partial charge in [-0.2, -0.15) is 5.10 Å². The molecule has 6 nitrogen and oxygen atoms in total. The fourth-order valence-corrected chi connectivity index (χ4v) is 5.67. The first-order chi connectivity index (χ1) is 12.4. The number of hydrogen-bond acceptors (Lipinski definition) is 4. The maximum Gasteiger partial charge on any atom is 0.272 e. The number of rotatable bonds is 4. The van der Waals surface area contributed by atoms with Gasteiger partial charge < -0.3 is 4.90 Å². The zero-order chi connectivity index (χ0) is 18.3. The van der Waals surface area contributed by atoms with Crippen LogP contribution < -0.4 is 0 Å². The summed E-state index contributed by atoms with van der Waals surface area (Å²) in [5.74, 6) is 0.181. The molecule has 4 rings (SSSR count). The molecule has 2 heterocycles. The maximum absolute atomic E-state index is 13.2. The molecule has 1 amide bonds. The molecular weight excluding hydrogens is 350 g/mol. The summed E-state index contributed by atoms with van der Waals surface area (Å²) in [6.45, 7) is 0.516. The van der Waals surface area contributed by atoms with Crippen molar-refractivity contribution in [2.45, 2.75) is 38.3 Å². The van der Waals surface area contributed by atoms with Crippen molar-refractivity contribution in [3.05, 3.63) is 52.8 Å². The molecule has 1 aliphatic carbocycles. The highest BCUT2D eigenvalue weighted by Gasteiger charge is 2.36. The number of benzene rings is 1. The number of carbonyl (C=O) groups is 1. The third-order valence-corrected chi connectivity index (χ3v) is 7.05. The van der Waals surface area contributed by atoms with Crippen LogP contribution in [0, 0.1) is 0 Å². The highest BCUT2D eigenvalue weighted by molar-refractivity contribution is 7.91. The van der Waals surface area contributed by atoms with Crippen LogP contribution in [0.2, 0.25) is 0 Å². The van der Waals surface area contributed by atoms with Crippen molar-refractivity contribution in [1.82, 2.24) is 14.7 Å². The number of hydrogen-bond donors (Lipinski definition) is 0. The Kier molecular flexibility index (Phi) is 4.34. The van der Waals surface area contributed by atoms with Crippen molar-refractivity contribution in [2.24, 2.45) is 0 Å². The molecule has 0 radical (unpaired) electrons. The fraction of sp³-hybridized carbons (Fsp3) is 0.474. The number of amides is 1. The minimum atomic E-state index is -3.03. The molecule has 1 aliphatic heterocycles. The second-order valence-electron chi connectivity index (χ2n) is 7.28. The standard InChI is InChI=1S/C19H23N3O3S/c1-21(12-14-6-3-2-4-7-14)19(23)18-16-8-5-9-17(16)20-22(18)15-10-11-26(24,25)13-15/h2-4,6-7,15H,5,8-13H2,1H3. The monoisotopic (exact) mass is 373 g/mol. The van der Waals surface area contributed by atoms with E-state index in [0.717, 1.165) is 36.1 Å². The van der Waals surface area contributed by atoms with Crippen LogP contribution in [0.1, 0.15) is 46.2 Å². The Labute approximate surface area is 153 Å². The van der Waals surface area contributed by atoms with Gasteiger partial charge in [-0.15, -0.1) is 0 Å². The minimum absolute atomic E-state index is 0.0752. The molecule has 1 saturated heterocycles. The van der Waals surface area contributed by atoms with E-state index in [2.05, 4.69) is 5.10 Å². The Bertz CT molecular complexity index is 934. The molecule has 2 aromatic rings. The zero-order valence-electron chi connectivity index (χ0n) is 14.9. The predicted octanol–water partition coefficient (Wildman–Crippen LogP) is 2.00. The van der Waals surface area contributed by atoms with Gasteiger partial charge in [0.15, 0.2) is 9.84 Å². The van der Waals surface area contributed by atoms with E-state index < -0.39 is 9.84 Å². The lowest BCUT2D eigenvalue weighted by Gasteiger charge is -2.21. The predicted molar refractivity (Wildman–Crippen MR) is 98.8 cm³/mol. The lowest BCUT2D eigenvalue weighted by atomic mass is 10.1. The smallest absolute Gasteiger partial charge is 0.272 e. The van der Waals surface area contributed by atoms with Gasteiger partial charge in [0.2, 0.25) is 0 Å². The average Bonchev–Trinajstić information content (AvgIpc) is 3.28. The molecule has 0 saturated carbocycles. The van der Waals surface area contributed by atoms with E-state index in [9.17, 15) is 13.2 Å². The molecule has 2 aliphatic rings. The number of fused-ring (bicyclic) bond motifs is 1. The Hall–Kier alpha value is -2.15. The fourth-order valence-electron chi connectivity index (χ4n) is 3.98. The van der Waals surface area contributed by atoms with Crippen LogP contribution in [0.3, 0.4) is 0 Å². The van der Waals surface area contributed by atoms with Gasteiger partial charge in [0.1, 0.15) is 5.69 Å². The van der Waals surface area contributed by atoms with Crippen molar-refractivity contribution in [1.29, 1.82) is 0 Å². The molecule has 0 bridgehead atoms. The van der Waals surface area contributed by atoms with E-state index in [0.29, 0.717) is 18.7 Å². The Morgan fingerprint density at radius 1 is 1.27 bits per heavy atom. The van der Waals surface area contributed by atoms with E-state index in [1.807, 2.05) is 30.3 Å². The first kappa shape index (κ1) is 17.3. The zero-order valence-corrected chi connectivity index (χ0v) is 15.7. The molecule has 1 aromatic heterocycles. The molecule has 7 heteroatoms. The lowest BCUT2D eigenvalue weighted by Crippen LogP contribution is -2.30. The van der Waals surface area contributed by atoms with Crippen LogP contribution in [-0.4, -0.2) is 47.6 Å². The van der Waals surface area contributed by atoms with Crippen molar-refractivity contribution >= 4 is 15.7 Å². The summed E-state index contributed by atoms with van der Waals surface area (Å²) >= 11 is 0. The van der Waals surface area contributed by atoms with Crippen molar-refractivity contribution in [3.63, 3.8) is 0 Å². The molecular formula is C19H23N3O3S. The highest BCUT2D eigenvalue weighted by Crippen LogP contribution is 2.32. The molecule has 138 valence electrons. The van der Waals surface area contributed by atoms with Crippen LogP contribution in [0.15, 0.2) is 30.3 Å². The topological polar surface area (TPSA) is 72.3 Å². The second kappa shape index (κ2) is 6.54. The van der Waals surface area contributed by atoms with Crippen LogP contribution in [0.5, 0.6) is 0 Å². The summed E-state index contributed by atoms with van der Waals surface area (Å²) in [4.78, 5) is 14.9. The minimum Gasteiger partial charge on any atom is -0.336 e. The van der Waals surface area contributed by atoms with Gasteiger partial charge >= 0.3 is 0 Å². The van der Waals surface area contributed by atoms with Gasteiger partial charge in [-0.1, -0.05) is 30.3 Å². The Morgan fingerprint density at radius 3 is 2.73 bits per heavy atom. The van der Waals surface area contributed by atoms with Gasteiger partial charge in [0.25, 0.3) is 5.91 Å². The largest absolute Gasteiger partial charge is 0.336 e. The van der Waals surface area contributed by atoms with Crippen LogP contribution in [0.25, 0.3) is 0 Å². The maximum atomic E-state index is 13.2. The number of carbonyl (C=O) groups excluding carboxylic acids is 1. The SMILES string of the molecule is CN(Cc1ccccc1)C(=O)c1c2c(nn1C1CCS(=O)(=O)C1)CCC2. The van der Waals surface area contributed by atoms with Crippen LogP contribution in [-0.2, 0) is 29.2 Å². The first-order valence-electron chi connectivity index (χ1n) is 9.05. The Morgan fingerprint density at radius 2 is 2.04 bits per heavy atom. The Balaban J connectivity index is 1.65. The van der Waals surface area contributed by atoms with E-state index >= 15 is 0 Å². The van der Waals surface area contributed by atoms with Crippen molar-refractivity contribution < 1.29 is 13.2 Å². The van der Waals surface area contributed by atoms with E-state index in [4.69, 9.17) is 0 Å². The van der Waals surface area contributed by atoms with Gasteiger partial charge in [0, 0.05) is 19.2 Å². The number of aryl methyl sites for hydroxylation is 1. The van der Waals surface area contributed by atoms with Crippen molar-refractivity contribution in [3.8, 4) is 0 Å². The summed E-state index contributed by atoms with van der Waals surface area (Å²) < 4.78 is 25.5. The summed E-state index contributed by atoms with van der Waals surface area (Å²) in [5.41, 5.74) is 3.64. The summed E-state index contributed by atoms with van der Waals surface area (Å²) in [6, 6.07) is 9.63. The molecule has 1 aromatic carbocycles. The van der Waals surface area contributed by atoms with E-state index in [1.165, 1.54) is 0 Å². The molecule has 1 unspecified atom stereocenters. The van der Waals surface area contributed by atoms with E-state index in [1.54, 1.807) is 16.6 Å². The van der Waals surface area contributed by atoms with Gasteiger partial charge in [-0.25, -0.2) is 8.42 Å². The van der Waals surface area contributed by atoms with E-state index in [-0.39, 0.29) is 23.5 Å². The number of sulfone groups is 1. The average molecular weight is 373 g/mol. The summed E-state index contributed by atoms with van der Waals surface area (Å²) in [6.07, 6.45) is 3.25. The number of aromatic nitrogens is 2. The third kappa shape index (κ3) is 3.16. The molecule has 1 fully saturated rings. The summed E-state index contributed by atoms with van der Waals surface area (Å²) in [5, 5.41) is 4.65. The van der Waals surface area contributed by atoms with Gasteiger partial charge in [-0.05, 0) is 31.2 Å². The second-order valence-corrected chi connectivity index (χ2v) is 9.50. The number of nitrogens with zero attached hydrogens (tertiary/aromatic N) is 3. The van der Waals surface area contributed by atoms with Crippen molar-refractivity contribution in [2.75, 3.05) is 18.6 Å². The molecule has 0 spiro atoms. The highest BCUT2D eigenvalue weighted by atomic mass is 32.2. The molecule has 1 atom stereocenters. The van der Waals surface area contributed by atoms with Crippen LogP contribution in [0.4, 0.5) is 0 Å². The van der Waals surface area contributed by atoms with Crippen LogP contribution >= 0.6 is 0 Å². The normalized spacial score (nSPS) is 20.9. The first-order valence-corrected chi connectivity index (χ1v) is 10.9. The quantitative estimate of drug-likeness (QED) is 0.822. The lowest BCUT2D eigenvalue weighted by molar-refractivity contribution is 0.0769. The summed E-state index contributed by atoms with van der Waals surface area (Å²) in [7, 11) is -1.24. The van der Waals surface area contributed by atoms with Gasteiger partial charge in [-0.3, -0.25) is 9.48 Å².